The molecule has 1 aliphatic carbocycles. The maximum absolute atomic E-state index is 10.5. The highest BCUT2D eigenvalue weighted by Crippen LogP contribution is 2.40. The first-order chi connectivity index (χ1) is 14.4. The van der Waals surface area contributed by atoms with Crippen LogP contribution in [0.5, 0.6) is 0 Å². The summed E-state index contributed by atoms with van der Waals surface area (Å²) in [5, 5.41) is 49.8. The molecule has 4 rings (SSSR count). The van der Waals surface area contributed by atoms with E-state index >= 15 is 0 Å². The first kappa shape index (κ1) is 21.0. The molecule has 0 amide bonds. The lowest BCUT2D eigenvalue weighted by Gasteiger charge is -2.40. The van der Waals surface area contributed by atoms with Crippen molar-refractivity contribution in [3.05, 3.63) is 69.8 Å². The Morgan fingerprint density at radius 1 is 1.03 bits per heavy atom. The summed E-state index contributed by atoms with van der Waals surface area (Å²) in [6.07, 6.45) is -3.01. The third-order valence-electron chi connectivity index (χ3n) is 6.23. The summed E-state index contributed by atoms with van der Waals surface area (Å²) in [6, 6.07) is 14.3. The average molecular weight is 409 g/mol. The van der Waals surface area contributed by atoms with Gasteiger partial charge in [-0.1, -0.05) is 30.3 Å². The Morgan fingerprint density at radius 3 is 2.33 bits per heavy atom. The van der Waals surface area contributed by atoms with Crippen molar-refractivity contribution in [2.24, 2.45) is 0 Å². The van der Waals surface area contributed by atoms with Gasteiger partial charge in [0.05, 0.1) is 18.2 Å². The number of aliphatic hydroxyl groups excluding tert-OH is 4. The van der Waals surface area contributed by atoms with E-state index in [-0.39, 0.29) is 0 Å². The number of aliphatic hydroxyl groups is 4. The third kappa shape index (κ3) is 4.00. The minimum Gasteiger partial charge on any atom is -0.394 e. The van der Waals surface area contributed by atoms with Crippen LogP contribution in [0.4, 0.5) is 0 Å². The van der Waals surface area contributed by atoms with Crippen LogP contribution in [0, 0.1) is 18.3 Å². The monoisotopic (exact) mass is 409 g/mol. The predicted molar refractivity (Wildman–Crippen MR) is 110 cm³/mol. The number of benzene rings is 2. The Hall–Kier alpha value is -2.27. The predicted octanol–water partition coefficient (Wildman–Crippen LogP) is 1.85. The minimum absolute atomic E-state index is 0.475. The van der Waals surface area contributed by atoms with Gasteiger partial charge in [-0.3, -0.25) is 0 Å². The normalized spacial score (nSPS) is 28.9. The van der Waals surface area contributed by atoms with Crippen LogP contribution in [0.3, 0.4) is 0 Å². The van der Waals surface area contributed by atoms with Gasteiger partial charge in [0.2, 0.25) is 0 Å². The highest BCUT2D eigenvalue weighted by Gasteiger charge is 2.44. The van der Waals surface area contributed by atoms with Crippen molar-refractivity contribution in [3.8, 4) is 6.07 Å². The average Bonchev–Trinajstić information content (AvgIpc) is 3.59. The molecule has 0 aromatic heterocycles. The zero-order valence-corrected chi connectivity index (χ0v) is 16.9. The van der Waals surface area contributed by atoms with E-state index in [4.69, 9.17) is 4.74 Å². The Kier molecular flexibility index (Phi) is 5.92. The number of hydrogen-bond acceptors (Lipinski definition) is 6. The van der Waals surface area contributed by atoms with Gasteiger partial charge in [-0.25, -0.2) is 0 Å². The first-order valence-electron chi connectivity index (χ1n) is 10.4. The number of ether oxygens (including phenoxy) is 1. The number of hydrogen-bond donors (Lipinski definition) is 4. The molecule has 2 aromatic rings. The minimum atomic E-state index is -1.44. The van der Waals surface area contributed by atoms with E-state index in [1.165, 1.54) is 18.4 Å². The Morgan fingerprint density at radius 2 is 1.73 bits per heavy atom. The van der Waals surface area contributed by atoms with Gasteiger partial charge in [-0.2, -0.15) is 5.26 Å². The van der Waals surface area contributed by atoms with Crippen LogP contribution >= 0.6 is 0 Å². The fraction of sp³-hybridized carbons (Fsp3) is 0.458. The van der Waals surface area contributed by atoms with E-state index in [2.05, 4.69) is 30.3 Å². The van der Waals surface area contributed by atoms with E-state index in [1.54, 1.807) is 6.07 Å². The molecule has 2 fully saturated rings. The topological polar surface area (TPSA) is 114 Å². The van der Waals surface area contributed by atoms with Crippen molar-refractivity contribution in [2.75, 3.05) is 6.61 Å². The lowest BCUT2D eigenvalue weighted by atomic mass is 9.86. The lowest BCUT2D eigenvalue weighted by Crippen LogP contribution is -2.55. The van der Waals surface area contributed by atoms with Gasteiger partial charge in [0.1, 0.15) is 30.5 Å². The molecule has 6 heteroatoms. The van der Waals surface area contributed by atoms with Gasteiger partial charge in [0.25, 0.3) is 0 Å². The summed E-state index contributed by atoms with van der Waals surface area (Å²) in [7, 11) is 0. The lowest BCUT2D eigenvalue weighted by molar-refractivity contribution is -0.231. The molecule has 1 aliphatic heterocycles. The summed E-state index contributed by atoms with van der Waals surface area (Å²) in [6.45, 7) is 1.34. The first-order valence-corrected chi connectivity index (χ1v) is 10.4. The molecule has 4 N–H and O–H groups in total. The van der Waals surface area contributed by atoms with E-state index in [0.29, 0.717) is 23.5 Å². The maximum Gasteiger partial charge on any atom is 0.113 e. The molecule has 30 heavy (non-hydrogen) atoms. The molecule has 2 aliphatic rings. The smallest absolute Gasteiger partial charge is 0.113 e. The molecule has 1 saturated carbocycles. The van der Waals surface area contributed by atoms with Gasteiger partial charge >= 0.3 is 0 Å². The fourth-order valence-electron chi connectivity index (χ4n) is 4.23. The van der Waals surface area contributed by atoms with Crippen LogP contribution in [-0.2, 0) is 11.2 Å². The largest absolute Gasteiger partial charge is 0.394 e. The van der Waals surface area contributed by atoms with E-state index in [0.717, 1.165) is 16.7 Å². The van der Waals surface area contributed by atoms with E-state index in [1.807, 2.05) is 13.0 Å². The summed E-state index contributed by atoms with van der Waals surface area (Å²) in [5.74, 6) is 0.686. The van der Waals surface area contributed by atoms with Gasteiger partial charge in [0, 0.05) is 0 Å². The number of aryl methyl sites for hydroxylation is 1. The molecule has 2 aromatic carbocycles. The summed E-state index contributed by atoms with van der Waals surface area (Å²) in [5.41, 5.74) is 5.16. The van der Waals surface area contributed by atoms with E-state index in [9.17, 15) is 25.7 Å². The van der Waals surface area contributed by atoms with Crippen LogP contribution in [0.15, 0.2) is 36.4 Å². The van der Waals surface area contributed by atoms with Crippen LogP contribution in [-0.4, -0.2) is 51.4 Å². The zero-order chi connectivity index (χ0) is 21.4. The maximum atomic E-state index is 10.5. The van der Waals surface area contributed by atoms with Crippen molar-refractivity contribution in [1.82, 2.24) is 0 Å². The quantitative estimate of drug-likeness (QED) is 0.599. The van der Waals surface area contributed by atoms with Crippen molar-refractivity contribution in [1.29, 1.82) is 5.26 Å². The van der Waals surface area contributed by atoms with Crippen LogP contribution in [0.2, 0.25) is 0 Å². The van der Waals surface area contributed by atoms with Gasteiger partial charge in [0.15, 0.2) is 0 Å². The Labute approximate surface area is 176 Å². The third-order valence-corrected chi connectivity index (χ3v) is 6.23. The molecular weight excluding hydrogens is 382 g/mol. The second kappa shape index (κ2) is 8.46. The molecule has 0 bridgehead atoms. The zero-order valence-electron chi connectivity index (χ0n) is 16.9. The van der Waals surface area contributed by atoms with Crippen molar-refractivity contribution in [2.45, 2.75) is 62.6 Å². The summed E-state index contributed by atoms with van der Waals surface area (Å²) >= 11 is 0. The molecule has 158 valence electrons. The SMILES string of the molecule is Cc1cc(C#N)c(Cc2ccc(C3CC3)cc2)cc1[C@@H]1O[C@H](CO)[C@@H](O)[C@H](O)[C@H]1O. The molecule has 1 heterocycles. The van der Waals surface area contributed by atoms with Gasteiger partial charge in [-0.15, -0.1) is 0 Å². The van der Waals surface area contributed by atoms with Crippen molar-refractivity contribution in [3.63, 3.8) is 0 Å². The number of nitriles is 1. The van der Waals surface area contributed by atoms with Crippen LogP contribution in [0.25, 0.3) is 0 Å². The Balaban J connectivity index is 1.65. The Bertz CT molecular complexity index is 945. The second-order valence-electron chi connectivity index (χ2n) is 8.42. The molecular formula is C24H27NO5. The second-order valence-corrected chi connectivity index (χ2v) is 8.42. The molecule has 5 atom stereocenters. The van der Waals surface area contributed by atoms with Gasteiger partial charge < -0.3 is 25.2 Å². The molecule has 6 nitrogen and oxygen atoms in total. The molecule has 0 spiro atoms. The summed E-state index contributed by atoms with van der Waals surface area (Å²) in [4.78, 5) is 0. The molecule has 1 saturated heterocycles. The van der Waals surface area contributed by atoms with Crippen molar-refractivity contribution >= 4 is 0 Å². The standard InChI is InChI=1S/C24H27NO5/c1-13-8-18(11-25)17(9-14-2-4-15(5-3-14)16-6-7-16)10-19(13)24-23(29)22(28)21(27)20(12-26)30-24/h2-5,8,10,16,20-24,26-29H,6-7,9,12H2,1H3/t20-,21-,22+,23-,24+/m1/s1. The highest BCUT2D eigenvalue weighted by atomic mass is 16.5. The van der Waals surface area contributed by atoms with Crippen molar-refractivity contribution < 1.29 is 25.2 Å². The fourth-order valence-corrected chi connectivity index (χ4v) is 4.23. The number of nitrogens with zero attached hydrogens (tertiary/aromatic N) is 1. The van der Waals surface area contributed by atoms with Crippen LogP contribution in [0.1, 0.15) is 58.2 Å². The summed E-state index contributed by atoms with van der Waals surface area (Å²) < 4.78 is 5.73. The number of rotatable bonds is 5. The highest BCUT2D eigenvalue weighted by molar-refractivity contribution is 5.48. The van der Waals surface area contributed by atoms with E-state index < -0.39 is 37.1 Å². The molecule has 0 unspecified atom stereocenters. The van der Waals surface area contributed by atoms with Gasteiger partial charge in [-0.05, 0) is 66.0 Å². The van der Waals surface area contributed by atoms with Crippen LogP contribution < -0.4 is 0 Å². The molecule has 0 radical (unpaired) electrons.